The van der Waals surface area contributed by atoms with Gasteiger partial charge in [0.25, 0.3) is 5.56 Å². The van der Waals surface area contributed by atoms with E-state index in [1.165, 1.54) is 10.9 Å². The summed E-state index contributed by atoms with van der Waals surface area (Å²) in [7, 11) is 0. The van der Waals surface area contributed by atoms with Gasteiger partial charge in [0.1, 0.15) is 13.3 Å². The van der Waals surface area contributed by atoms with Gasteiger partial charge in [-0.15, -0.1) is 0 Å². The fraction of sp³-hybridized carbons (Fsp3) is 0.526. The smallest absolute Gasteiger partial charge is 0.289 e. The number of aryl methyl sites for hydroxylation is 1. The van der Waals surface area contributed by atoms with E-state index in [2.05, 4.69) is 10.1 Å². The molecule has 0 spiro atoms. The van der Waals surface area contributed by atoms with Gasteiger partial charge < -0.3 is 9.47 Å². The maximum absolute atomic E-state index is 12.3. The van der Waals surface area contributed by atoms with Crippen LogP contribution in [0, 0.1) is 0 Å². The highest BCUT2D eigenvalue weighted by Gasteiger charge is 2.20. The summed E-state index contributed by atoms with van der Waals surface area (Å²) in [5.74, 6) is 0.247. The molecule has 148 valence electrons. The van der Waals surface area contributed by atoms with Crippen LogP contribution in [0.15, 0.2) is 29.3 Å². The van der Waals surface area contributed by atoms with Crippen LogP contribution in [0.2, 0.25) is 5.02 Å². The molecule has 2 aromatic heterocycles. The van der Waals surface area contributed by atoms with E-state index in [0.717, 1.165) is 24.1 Å². The largest absolute Gasteiger partial charge is 0.485 e. The maximum atomic E-state index is 12.3. The lowest BCUT2D eigenvalue weighted by Gasteiger charge is -2.21. The van der Waals surface area contributed by atoms with Crippen molar-refractivity contribution < 1.29 is 13.9 Å². The summed E-state index contributed by atoms with van der Waals surface area (Å²) in [6, 6.07) is 3.81. The summed E-state index contributed by atoms with van der Waals surface area (Å²) in [5, 5.41) is 4.15. The molecule has 8 heteroatoms. The number of ether oxygens (including phenoxy) is 2. The van der Waals surface area contributed by atoms with Gasteiger partial charge in [0.15, 0.2) is 10.8 Å². The first-order valence-electron chi connectivity index (χ1n) is 8.81. The molecular weight excluding hydrogens is 373 g/mol. The highest BCUT2D eigenvalue weighted by molar-refractivity contribution is 6.31. The van der Waals surface area contributed by atoms with Crippen LogP contribution < -0.4 is 10.3 Å². The first-order valence-corrected chi connectivity index (χ1v) is 9.19. The highest BCUT2D eigenvalue weighted by Crippen LogP contribution is 2.21. The van der Waals surface area contributed by atoms with Gasteiger partial charge >= 0.3 is 0 Å². The molecule has 0 aliphatic carbocycles. The molecule has 0 amide bonds. The molecule has 2 aromatic rings. The molecular formula is C19H25ClFN3O3. The average molecular weight is 398 g/mol. The van der Waals surface area contributed by atoms with Crippen LogP contribution in [-0.2, 0) is 23.3 Å². The minimum Gasteiger partial charge on any atom is -0.485 e. The van der Waals surface area contributed by atoms with Crippen molar-refractivity contribution in [3.05, 3.63) is 51.2 Å². The van der Waals surface area contributed by atoms with Crippen molar-refractivity contribution >= 4 is 11.6 Å². The van der Waals surface area contributed by atoms with Crippen LogP contribution >= 0.6 is 11.6 Å². The molecule has 0 saturated heterocycles. The monoisotopic (exact) mass is 397 g/mol. The Kier molecular flexibility index (Phi) is 7.74. The molecule has 27 heavy (non-hydrogen) atoms. The van der Waals surface area contributed by atoms with E-state index in [0.29, 0.717) is 6.61 Å². The predicted octanol–water partition coefficient (Wildman–Crippen LogP) is 3.54. The molecule has 0 unspecified atom stereocenters. The highest BCUT2D eigenvalue weighted by atomic mass is 35.5. The molecule has 0 aliphatic heterocycles. The van der Waals surface area contributed by atoms with Crippen LogP contribution in [0.25, 0.3) is 0 Å². The third-order valence-corrected chi connectivity index (χ3v) is 4.09. The summed E-state index contributed by atoms with van der Waals surface area (Å²) in [6.45, 7) is 6.05. The van der Waals surface area contributed by atoms with Gasteiger partial charge in [0.2, 0.25) is 0 Å². The van der Waals surface area contributed by atoms with Crippen molar-refractivity contribution in [2.24, 2.45) is 0 Å². The number of nitrogens with zero attached hydrogens (tertiary/aromatic N) is 3. The molecule has 0 aromatic carbocycles. The summed E-state index contributed by atoms with van der Waals surface area (Å²) in [5.41, 5.74) is 0.930. The molecule has 0 saturated carbocycles. The minimum atomic E-state index is -0.462. The molecule has 0 bridgehead atoms. The van der Waals surface area contributed by atoms with E-state index in [9.17, 15) is 9.18 Å². The van der Waals surface area contributed by atoms with Crippen molar-refractivity contribution in [3.63, 3.8) is 0 Å². The van der Waals surface area contributed by atoms with E-state index < -0.39 is 12.2 Å². The van der Waals surface area contributed by atoms with Crippen molar-refractivity contribution in [2.75, 3.05) is 19.9 Å². The zero-order valence-corrected chi connectivity index (χ0v) is 16.6. The number of alkyl halides is 1. The zero-order chi connectivity index (χ0) is 19.9. The van der Waals surface area contributed by atoms with Crippen LogP contribution in [0.5, 0.6) is 5.75 Å². The third-order valence-electron chi connectivity index (χ3n) is 3.75. The fourth-order valence-electron chi connectivity index (χ4n) is 2.36. The Morgan fingerprint density at radius 1 is 1.22 bits per heavy atom. The van der Waals surface area contributed by atoms with Crippen molar-refractivity contribution in [1.29, 1.82) is 0 Å². The lowest BCUT2D eigenvalue weighted by atomic mass is 10.1. The van der Waals surface area contributed by atoms with Crippen molar-refractivity contribution in [2.45, 2.75) is 45.8 Å². The number of pyridine rings is 1. The number of rotatable bonds is 9. The summed E-state index contributed by atoms with van der Waals surface area (Å²) >= 11 is 6.14. The van der Waals surface area contributed by atoms with Gasteiger partial charge in [-0.25, -0.2) is 9.07 Å². The fourth-order valence-corrected chi connectivity index (χ4v) is 2.54. The Morgan fingerprint density at radius 2 is 2.00 bits per heavy atom. The Bertz CT molecular complexity index is 788. The summed E-state index contributed by atoms with van der Waals surface area (Å²) in [4.78, 5) is 16.7. The molecule has 2 rings (SSSR count). The number of halogens is 2. The van der Waals surface area contributed by atoms with Crippen LogP contribution in [-0.4, -0.2) is 34.7 Å². The Balaban J connectivity index is 1.91. The average Bonchev–Trinajstić information content (AvgIpc) is 2.63. The lowest BCUT2D eigenvalue weighted by Crippen LogP contribution is -2.36. The number of hydrogen-bond acceptors (Lipinski definition) is 5. The van der Waals surface area contributed by atoms with Gasteiger partial charge in [-0.1, -0.05) is 17.7 Å². The molecule has 2 heterocycles. The second-order valence-electron chi connectivity index (χ2n) is 7.06. The second-order valence-corrected chi connectivity index (χ2v) is 7.44. The lowest BCUT2D eigenvalue weighted by molar-refractivity contribution is 0.117. The van der Waals surface area contributed by atoms with Gasteiger partial charge in [0, 0.05) is 24.1 Å². The van der Waals surface area contributed by atoms with Gasteiger partial charge in [-0.3, -0.25) is 9.78 Å². The van der Waals surface area contributed by atoms with Crippen LogP contribution in [0.1, 0.15) is 38.4 Å². The first kappa shape index (κ1) is 21.3. The van der Waals surface area contributed by atoms with Gasteiger partial charge in [-0.05, 0) is 39.7 Å². The van der Waals surface area contributed by atoms with E-state index in [-0.39, 0.29) is 29.5 Å². The predicted molar refractivity (Wildman–Crippen MR) is 102 cm³/mol. The second kappa shape index (κ2) is 9.80. The maximum Gasteiger partial charge on any atom is 0.289 e. The molecule has 0 fully saturated rings. The van der Waals surface area contributed by atoms with Gasteiger partial charge in [0.05, 0.1) is 18.3 Å². The normalized spacial score (nSPS) is 11.6. The third kappa shape index (κ3) is 6.29. The van der Waals surface area contributed by atoms with Crippen molar-refractivity contribution in [3.8, 4) is 5.75 Å². The van der Waals surface area contributed by atoms with E-state index in [1.807, 2.05) is 32.9 Å². The van der Waals surface area contributed by atoms with E-state index >= 15 is 0 Å². The summed E-state index contributed by atoms with van der Waals surface area (Å²) in [6.07, 6.45) is 4.71. The molecule has 6 nitrogen and oxygen atoms in total. The Hall–Kier alpha value is -1.99. The van der Waals surface area contributed by atoms with Gasteiger partial charge in [-0.2, -0.15) is 5.10 Å². The van der Waals surface area contributed by atoms with E-state index in [1.54, 1.807) is 6.20 Å². The Morgan fingerprint density at radius 3 is 2.63 bits per heavy atom. The standard InChI is InChI=1S/C19H25ClFN3O3/c1-19(2,3)24-18(25)17(20)16(12-23-24)27-13-14-6-7-15(22-11-14)5-4-9-26-10-8-21/h6-7,11-12H,4-5,8-10,13H2,1-3H3. The van der Waals surface area contributed by atoms with E-state index in [4.69, 9.17) is 21.1 Å². The van der Waals surface area contributed by atoms with Crippen LogP contribution in [0.3, 0.4) is 0 Å². The minimum absolute atomic E-state index is 0.0118. The zero-order valence-electron chi connectivity index (χ0n) is 15.9. The van der Waals surface area contributed by atoms with Crippen LogP contribution in [0.4, 0.5) is 4.39 Å². The summed E-state index contributed by atoms with van der Waals surface area (Å²) < 4.78 is 24.0. The van der Waals surface area contributed by atoms with Crippen molar-refractivity contribution in [1.82, 2.24) is 14.8 Å². The number of aromatic nitrogens is 3. The SMILES string of the molecule is CC(C)(C)n1ncc(OCc2ccc(CCCOCCF)nc2)c(Cl)c1=O. The first-order chi connectivity index (χ1) is 12.8. The number of hydrogen-bond donors (Lipinski definition) is 0. The molecule has 0 radical (unpaired) electrons. The topological polar surface area (TPSA) is 66.2 Å². The Labute approximate surface area is 163 Å². The quantitative estimate of drug-likeness (QED) is 0.605. The molecule has 0 aliphatic rings. The molecule has 0 atom stereocenters. The molecule has 0 N–H and O–H groups in total.